The van der Waals surface area contributed by atoms with E-state index in [0.717, 1.165) is 25.4 Å². The summed E-state index contributed by atoms with van der Waals surface area (Å²) in [5.74, 6) is 0.806. The van der Waals surface area contributed by atoms with Crippen LogP contribution in [-0.2, 0) is 13.0 Å². The lowest BCUT2D eigenvalue weighted by atomic mass is 10.3. The summed E-state index contributed by atoms with van der Waals surface area (Å²) < 4.78 is 0. The van der Waals surface area contributed by atoms with Crippen LogP contribution in [0.4, 0.5) is 0 Å². The molecule has 1 N–H and O–H groups in total. The minimum absolute atomic E-state index is 0.806. The molecule has 0 radical (unpaired) electrons. The van der Waals surface area contributed by atoms with Crippen molar-refractivity contribution in [1.82, 2.24) is 10.3 Å². The predicted molar refractivity (Wildman–Crippen MR) is 65.5 cm³/mol. The SMILES string of the molecule is CCCNCc1sc(C2CC2)nc1CC. The summed E-state index contributed by atoms with van der Waals surface area (Å²) in [6.45, 7) is 6.53. The van der Waals surface area contributed by atoms with Gasteiger partial charge >= 0.3 is 0 Å². The van der Waals surface area contributed by atoms with Crippen LogP contribution in [0.15, 0.2) is 0 Å². The molecule has 1 aliphatic carbocycles. The second-order valence-corrected chi connectivity index (χ2v) is 5.34. The van der Waals surface area contributed by atoms with Gasteiger partial charge in [-0.05, 0) is 32.2 Å². The van der Waals surface area contributed by atoms with E-state index in [1.807, 2.05) is 11.3 Å². The molecule has 1 aliphatic rings. The molecule has 2 rings (SSSR count). The Balaban J connectivity index is 2.00. The van der Waals surface area contributed by atoms with Crippen molar-refractivity contribution in [2.45, 2.75) is 52.0 Å². The fraction of sp³-hybridized carbons (Fsp3) is 0.750. The first kappa shape index (κ1) is 11.1. The number of aryl methyl sites for hydroxylation is 1. The van der Waals surface area contributed by atoms with Crippen molar-refractivity contribution >= 4 is 11.3 Å². The molecule has 15 heavy (non-hydrogen) atoms. The van der Waals surface area contributed by atoms with E-state index in [2.05, 4.69) is 19.2 Å². The maximum Gasteiger partial charge on any atom is 0.0962 e. The molecule has 84 valence electrons. The molecule has 1 saturated carbocycles. The summed E-state index contributed by atoms with van der Waals surface area (Å²) in [5.41, 5.74) is 1.32. The van der Waals surface area contributed by atoms with Gasteiger partial charge in [0.2, 0.25) is 0 Å². The van der Waals surface area contributed by atoms with E-state index in [1.165, 1.54) is 34.8 Å². The Kier molecular flexibility index (Phi) is 3.76. The molecule has 1 aromatic heterocycles. The molecular formula is C12H20N2S. The molecule has 0 aliphatic heterocycles. The minimum atomic E-state index is 0.806. The average Bonchev–Trinajstić information content (AvgIpc) is 3.01. The van der Waals surface area contributed by atoms with E-state index < -0.39 is 0 Å². The Morgan fingerprint density at radius 3 is 2.80 bits per heavy atom. The third kappa shape index (κ3) is 2.79. The smallest absolute Gasteiger partial charge is 0.0962 e. The number of nitrogens with zero attached hydrogens (tertiary/aromatic N) is 1. The molecule has 0 saturated heterocycles. The molecule has 2 nitrogen and oxygen atoms in total. The van der Waals surface area contributed by atoms with Gasteiger partial charge in [0.15, 0.2) is 0 Å². The number of thiazole rings is 1. The zero-order chi connectivity index (χ0) is 10.7. The Morgan fingerprint density at radius 1 is 1.40 bits per heavy atom. The summed E-state index contributed by atoms with van der Waals surface area (Å²) >= 11 is 1.93. The Morgan fingerprint density at radius 2 is 2.20 bits per heavy atom. The van der Waals surface area contributed by atoms with Crippen LogP contribution in [0.5, 0.6) is 0 Å². The largest absolute Gasteiger partial charge is 0.312 e. The highest BCUT2D eigenvalue weighted by Crippen LogP contribution is 2.42. The van der Waals surface area contributed by atoms with Gasteiger partial charge in [0.1, 0.15) is 0 Å². The van der Waals surface area contributed by atoms with Crippen molar-refractivity contribution in [3.8, 4) is 0 Å². The Labute approximate surface area is 96.1 Å². The van der Waals surface area contributed by atoms with Crippen LogP contribution < -0.4 is 5.32 Å². The standard InChI is InChI=1S/C12H20N2S/c1-3-7-13-8-11-10(4-2)14-12(15-11)9-5-6-9/h9,13H,3-8H2,1-2H3. The highest BCUT2D eigenvalue weighted by atomic mass is 32.1. The lowest BCUT2D eigenvalue weighted by Gasteiger charge is -2.01. The van der Waals surface area contributed by atoms with Gasteiger partial charge in [-0.3, -0.25) is 0 Å². The second-order valence-electron chi connectivity index (χ2n) is 4.23. The van der Waals surface area contributed by atoms with Crippen molar-refractivity contribution in [2.75, 3.05) is 6.54 Å². The van der Waals surface area contributed by atoms with E-state index >= 15 is 0 Å². The van der Waals surface area contributed by atoms with Crippen LogP contribution >= 0.6 is 11.3 Å². The van der Waals surface area contributed by atoms with Gasteiger partial charge < -0.3 is 5.32 Å². The summed E-state index contributed by atoms with van der Waals surface area (Å²) in [6.07, 6.45) is 5.00. The third-order valence-corrected chi connectivity index (χ3v) is 4.03. The molecule has 0 aromatic carbocycles. The molecule has 0 spiro atoms. The maximum absolute atomic E-state index is 4.75. The molecular weight excluding hydrogens is 204 g/mol. The average molecular weight is 224 g/mol. The molecule has 0 bridgehead atoms. The summed E-state index contributed by atoms with van der Waals surface area (Å²) in [4.78, 5) is 6.21. The molecule has 1 fully saturated rings. The lowest BCUT2D eigenvalue weighted by molar-refractivity contribution is 0.676. The van der Waals surface area contributed by atoms with E-state index in [-0.39, 0.29) is 0 Å². The third-order valence-electron chi connectivity index (χ3n) is 2.77. The van der Waals surface area contributed by atoms with Gasteiger partial charge in [-0.2, -0.15) is 0 Å². The fourth-order valence-corrected chi connectivity index (χ4v) is 2.99. The second kappa shape index (κ2) is 5.08. The van der Waals surface area contributed by atoms with Crippen molar-refractivity contribution in [3.63, 3.8) is 0 Å². The van der Waals surface area contributed by atoms with Crippen molar-refractivity contribution in [2.24, 2.45) is 0 Å². The quantitative estimate of drug-likeness (QED) is 0.751. The summed E-state index contributed by atoms with van der Waals surface area (Å²) in [7, 11) is 0. The molecule has 1 heterocycles. The molecule has 0 atom stereocenters. The number of rotatable bonds is 6. The molecule has 3 heteroatoms. The van der Waals surface area contributed by atoms with Crippen LogP contribution in [0.2, 0.25) is 0 Å². The zero-order valence-electron chi connectivity index (χ0n) is 9.68. The van der Waals surface area contributed by atoms with Crippen LogP contribution in [0.3, 0.4) is 0 Å². The van der Waals surface area contributed by atoms with E-state index in [4.69, 9.17) is 4.98 Å². The highest BCUT2D eigenvalue weighted by molar-refractivity contribution is 7.11. The van der Waals surface area contributed by atoms with Crippen molar-refractivity contribution in [1.29, 1.82) is 0 Å². The number of hydrogen-bond donors (Lipinski definition) is 1. The van der Waals surface area contributed by atoms with Gasteiger partial charge in [0.05, 0.1) is 10.7 Å². The van der Waals surface area contributed by atoms with Crippen LogP contribution in [0.25, 0.3) is 0 Å². The first-order valence-electron chi connectivity index (χ1n) is 6.04. The first-order chi connectivity index (χ1) is 7.35. The first-order valence-corrected chi connectivity index (χ1v) is 6.86. The van der Waals surface area contributed by atoms with Crippen molar-refractivity contribution < 1.29 is 0 Å². The Hall–Kier alpha value is -0.410. The van der Waals surface area contributed by atoms with Crippen LogP contribution in [0.1, 0.15) is 54.6 Å². The Bertz CT molecular complexity index is 315. The normalized spacial score (nSPS) is 15.9. The van der Waals surface area contributed by atoms with Gasteiger partial charge in [-0.15, -0.1) is 11.3 Å². The topological polar surface area (TPSA) is 24.9 Å². The number of hydrogen-bond acceptors (Lipinski definition) is 3. The van der Waals surface area contributed by atoms with E-state index in [0.29, 0.717) is 0 Å². The van der Waals surface area contributed by atoms with Gasteiger partial charge in [0, 0.05) is 17.3 Å². The van der Waals surface area contributed by atoms with Gasteiger partial charge in [-0.25, -0.2) is 4.98 Å². The zero-order valence-corrected chi connectivity index (χ0v) is 10.5. The predicted octanol–water partition coefficient (Wildman–Crippen LogP) is 3.08. The van der Waals surface area contributed by atoms with E-state index in [9.17, 15) is 0 Å². The highest BCUT2D eigenvalue weighted by Gasteiger charge is 2.27. The summed E-state index contributed by atoms with van der Waals surface area (Å²) in [6, 6.07) is 0. The minimum Gasteiger partial charge on any atom is -0.312 e. The monoisotopic (exact) mass is 224 g/mol. The number of nitrogens with one attached hydrogen (secondary N) is 1. The van der Waals surface area contributed by atoms with Gasteiger partial charge in [-0.1, -0.05) is 13.8 Å². The van der Waals surface area contributed by atoms with Crippen LogP contribution in [-0.4, -0.2) is 11.5 Å². The lowest BCUT2D eigenvalue weighted by Crippen LogP contribution is -2.13. The van der Waals surface area contributed by atoms with E-state index in [1.54, 1.807) is 0 Å². The molecule has 1 aromatic rings. The maximum atomic E-state index is 4.75. The molecule has 0 amide bonds. The number of aromatic nitrogens is 1. The van der Waals surface area contributed by atoms with Crippen molar-refractivity contribution in [3.05, 3.63) is 15.6 Å². The summed E-state index contributed by atoms with van der Waals surface area (Å²) in [5, 5.41) is 4.86. The van der Waals surface area contributed by atoms with Crippen LogP contribution in [0, 0.1) is 0 Å². The van der Waals surface area contributed by atoms with Gasteiger partial charge in [0.25, 0.3) is 0 Å². The molecule has 0 unspecified atom stereocenters. The fourth-order valence-electron chi connectivity index (χ4n) is 1.70.